The van der Waals surface area contributed by atoms with Gasteiger partial charge >= 0.3 is 0 Å². The van der Waals surface area contributed by atoms with Gasteiger partial charge in [-0.25, -0.2) is 4.68 Å². The molecule has 0 spiro atoms. The summed E-state index contributed by atoms with van der Waals surface area (Å²) < 4.78 is 1.44. The summed E-state index contributed by atoms with van der Waals surface area (Å²) >= 11 is 6.01. The topological polar surface area (TPSA) is 67.2 Å². The van der Waals surface area contributed by atoms with Crippen molar-refractivity contribution in [2.24, 2.45) is 0 Å². The van der Waals surface area contributed by atoms with E-state index in [-0.39, 0.29) is 12.5 Å². The van der Waals surface area contributed by atoms with E-state index in [2.05, 4.69) is 20.4 Å². The third-order valence-electron chi connectivity index (χ3n) is 3.49. The molecule has 1 aromatic heterocycles. The monoisotopic (exact) mass is 306 g/mol. The average molecular weight is 307 g/mol. The van der Waals surface area contributed by atoms with Crippen molar-refractivity contribution >= 4 is 23.2 Å². The van der Waals surface area contributed by atoms with E-state index in [0.717, 1.165) is 23.8 Å². The molecule has 1 fully saturated rings. The summed E-state index contributed by atoms with van der Waals surface area (Å²) in [6.07, 6.45) is 1.44. The number of carbonyl (C=O) groups is 1. The van der Waals surface area contributed by atoms with Crippen LogP contribution < -0.4 is 4.90 Å². The summed E-state index contributed by atoms with van der Waals surface area (Å²) in [6.45, 7) is 3.15. The summed E-state index contributed by atoms with van der Waals surface area (Å²) in [5.41, 5.74) is 1.09. The number of amides is 1. The molecule has 1 saturated heterocycles. The number of aromatic nitrogens is 4. The number of piperazine rings is 1. The Kier molecular flexibility index (Phi) is 4.01. The van der Waals surface area contributed by atoms with Gasteiger partial charge in [-0.3, -0.25) is 4.79 Å². The number of hydrogen-bond donors (Lipinski definition) is 0. The van der Waals surface area contributed by atoms with Gasteiger partial charge in [-0.05, 0) is 28.6 Å². The normalized spacial score (nSPS) is 15.3. The molecule has 0 atom stereocenters. The highest BCUT2D eigenvalue weighted by Crippen LogP contribution is 2.20. The van der Waals surface area contributed by atoms with Crippen molar-refractivity contribution in [1.82, 2.24) is 25.1 Å². The molecular weight excluding hydrogens is 292 g/mol. The maximum Gasteiger partial charge on any atom is 0.244 e. The lowest BCUT2D eigenvalue weighted by molar-refractivity contribution is -0.132. The van der Waals surface area contributed by atoms with Gasteiger partial charge in [0.15, 0.2) is 0 Å². The van der Waals surface area contributed by atoms with Gasteiger partial charge in [0.05, 0.1) is 0 Å². The van der Waals surface area contributed by atoms with Crippen LogP contribution in [0.25, 0.3) is 0 Å². The largest absolute Gasteiger partial charge is 0.368 e. The van der Waals surface area contributed by atoms with Crippen LogP contribution in [0.2, 0.25) is 5.02 Å². The van der Waals surface area contributed by atoms with Crippen LogP contribution in [0.4, 0.5) is 5.69 Å². The molecule has 110 valence electrons. The summed E-state index contributed by atoms with van der Waals surface area (Å²) in [5, 5.41) is 11.5. The first kappa shape index (κ1) is 13.8. The fraction of sp³-hybridized carbons (Fsp3) is 0.385. The average Bonchev–Trinajstić information content (AvgIpc) is 3.00. The highest BCUT2D eigenvalue weighted by molar-refractivity contribution is 6.30. The van der Waals surface area contributed by atoms with Crippen molar-refractivity contribution in [2.75, 3.05) is 31.1 Å². The summed E-state index contributed by atoms with van der Waals surface area (Å²) in [4.78, 5) is 16.2. The fourth-order valence-electron chi connectivity index (χ4n) is 2.38. The smallest absolute Gasteiger partial charge is 0.244 e. The Labute approximate surface area is 127 Å². The van der Waals surface area contributed by atoms with E-state index in [1.807, 2.05) is 29.2 Å². The van der Waals surface area contributed by atoms with Gasteiger partial charge in [0.2, 0.25) is 5.91 Å². The molecule has 1 aliphatic rings. The predicted octanol–water partition coefficient (Wildman–Crippen LogP) is 0.675. The molecule has 7 nitrogen and oxygen atoms in total. The van der Waals surface area contributed by atoms with Gasteiger partial charge < -0.3 is 9.80 Å². The minimum atomic E-state index is 0.0352. The Morgan fingerprint density at radius 1 is 1.24 bits per heavy atom. The maximum absolute atomic E-state index is 12.1. The molecule has 0 bridgehead atoms. The number of benzene rings is 1. The van der Waals surface area contributed by atoms with Crippen LogP contribution in [0.5, 0.6) is 0 Å². The molecule has 0 saturated carbocycles. The Morgan fingerprint density at radius 3 is 2.71 bits per heavy atom. The second-order valence-corrected chi connectivity index (χ2v) is 5.29. The lowest BCUT2D eigenvalue weighted by Gasteiger charge is -2.36. The minimum Gasteiger partial charge on any atom is -0.368 e. The zero-order chi connectivity index (χ0) is 14.7. The second-order valence-electron chi connectivity index (χ2n) is 4.86. The van der Waals surface area contributed by atoms with E-state index in [1.54, 1.807) is 0 Å². The Hall–Kier alpha value is -2.15. The fourth-order valence-corrected chi connectivity index (χ4v) is 2.56. The highest BCUT2D eigenvalue weighted by atomic mass is 35.5. The van der Waals surface area contributed by atoms with Crippen LogP contribution in [-0.2, 0) is 11.3 Å². The Bertz CT molecular complexity index is 609. The second kappa shape index (κ2) is 6.09. The number of tetrazole rings is 1. The van der Waals surface area contributed by atoms with Crippen molar-refractivity contribution in [2.45, 2.75) is 6.54 Å². The molecule has 2 aromatic rings. The highest BCUT2D eigenvalue weighted by Gasteiger charge is 2.21. The first-order valence-corrected chi connectivity index (χ1v) is 7.09. The van der Waals surface area contributed by atoms with Crippen molar-refractivity contribution in [3.05, 3.63) is 35.6 Å². The molecule has 0 N–H and O–H groups in total. The van der Waals surface area contributed by atoms with E-state index in [9.17, 15) is 4.79 Å². The molecular formula is C13H15ClN6O. The number of halogens is 1. The number of rotatable bonds is 3. The first-order chi connectivity index (χ1) is 10.2. The molecule has 1 aromatic carbocycles. The standard InChI is InChI=1S/C13H15ClN6O/c14-11-2-1-3-12(8-11)18-4-6-19(7-5-18)13(21)9-20-10-15-16-17-20/h1-3,8,10H,4-7,9H2. The van der Waals surface area contributed by atoms with Crippen molar-refractivity contribution in [3.8, 4) is 0 Å². The molecule has 21 heavy (non-hydrogen) atoms. The van der Waals surface area contributed by atoms with Gasteiger partial charge in [-0.1, -0.05) is 17.7 Å². The summed E-state index contributed by atoms with van der Waals surface area (Å²) in [6, 6.07) is 7.77. The number of carbonyl (C=O) groups excluding carboxylic acids is 1. The number of hydrogen-bond acceptors (Lipinski definition) is 5. The van der Waals surface area contributed by atoms with Gasteiger partial charge in [-0.2, -0.15) is 0 Å². The van der Waals surface area contributed by atoms with Gasteiger partial charge in [0.25, 0.3) is 0 Å². The summed E-state index contributed by atoms with van der Waals surface area (Å²) in [5.74, 6) is 0.0352. The zero-order valence-electron chi connectivity index (χ0n) is 11.4. The first-order valence-electron chi connectivity index (χ1n) is 6.71. The summed E-state index contributed by atoms with van der Waals surface area (Å²) in [7, 11) is 0. The molecule has 8 heteroatoms. The lowest BCUT2D eigenvalue weighted by atomic mass is 10.2. The van der Waals surface area contributed by atoms with Crippen LogP contribution in [0.1, 0.15) is 0 Å². The SMILES string of the molecule is O=C(Cn1cnnn1)N1CCN(c2cccc(Cl)c2)CC1. The minimum absolute atomic E-state index is 0.0352. The van der Waals surface area contributed by atoms with E-state index >= 15 is 0 Å². The molecule has 1 aliphatic heterocycles. The molecule has 1 amide bonds. The van der Waals surface area contributed by atoms with E-state index in [1.165, 1.54) is 11.0 Å². The Balaban J connectivity index is 1.56. The zero-order valence-corrected chi connectivity index (χ0v) is 12.1. The van der Waals surface area contributed by atoms with Crippen LogP contribution >= 0.6 is 11.6 Å². The van der Waals surface area contributed by atoms with E-state index < -0.39 is 0 Å². The van der Waals surface area contributed by atoms with Gasteiger partial charge in [-0.15, -0.1) is 5.10 Å². The van der Waals surface area contributed by atoms with Gasteiger partial charge in [0.1, 0.15) is 12.9 Å². The van der Waals surface area contributed by atoms with Crippen LogP contribution in [0.3, 0.4) is 0 Å². The quantitative estimate of drug-likeness (QED) is 0.834. The van der Waals surface area contributed by atoms with Gasteiger partial charge in [0, 0.05) is 36.9 Å². The molecule has 3 rings (SSSR count). The molecule has 0 unspecified atom stereocenters. The van der Waals surface area contributed by atoms with Crippen molar-refractivity contribution < 1.29 is 4.79 Å². The van der Waals surface area contributed by atoms with Crippen molar-refractivity contribution in [3.63, 3.8) is 0 Å². The maximum atomic E-state index is 12.1. The molecule has 2 heterocycles. The van der Waals surface area contributed by atoms with Crippen LogP contribution in [-0.4, -0.2) is 57.2 Å². The Morgan fingerprint density at radius 2 is 2.05 bits per heavy atom. The number of anilines is 1. The van der Waals surface area contributed by atoms with E-state index in [4.69, 9.17) is 11.6 Å². The van der Waals surface area contributed by atoms with Crippen molar-refractivity contribution in [1.29, 1.82) is 0 Å². The van der Waals surface area contributed by atoms with E-state index in [0.29, 0.717) is 13.1 Å². The third-order valence-corrected chi connectivity index (χ3v) is 3.73. The predicted molar refractivity (Wildman–Crippen MR) is 78.1 cm³/mol. The molecule has 0 aliphatic carbocycles. The third kappa shape index (κ3) is 3.30. The van der Waals surface area contributed by atoms with Crippen LogP contribution in [0.15, 0.2) is 30.6 Å². The number of nitrogens with zero attached hydrogens (tertiary/aromatic N) is 6. The molecule has 0 radical (unpaired) electrons. The van der Waals surface area contributed by atoms with Crippen LogP contribution in [0, 0.1) is 0 Å². The lowest BCUT2D eigenvalue weighted by Crippen LogP contribution is -2.49.